The Kier molecular flexibility index (Phi) is 18.3. The molecule has 60 heavy (non-hydrogen) atoms. The molecule has 0 amide bonds. The highest BCUT2D eigenvalue weighted by Crippen LogP contribution is 2.32. The van der Waals surface area contributed by atoms with Gasteiger partial charge in [-0.2, -0.15) is 15.0 Å². The van der Waals surface area contributed by atoms with Crippen LogP contribution in [0.2, 0.25) is 0 Å². The van der Waals surface area contributed by atoms with Crippen LogP contribution in [0.25, 0.3) is 22.3 Å². The monoisotopic (exact) mass is 788 g/mol. The van der Waals surface area contributed by atoms with Crippen molar-refractivity contribution in [2.45, 2.75) is 41.5 Å². The Balaban J connectivity index is 0.000000238. The van der Waals surface area contributed by atoms with Crippen molar-refractivity contribution in [2.24, 2.45) is 30.0 Å². The first-order chi connectivity index (χ1) is 28.6. The maximum atomic E-state index is 10.3. The number of hydrogen-bond donors (Lipinski definition) is 0. The molecular weight excluding hydrogens is 745 g/mol. The zero-order chi connectivity index (χ0) is 42.6. The first-order valence-corrected chi connectivity index (χ1v) is 18.2. The van der Waals surface area contributed by atoms with Gasteiger partial charge in [0.15, 0.2) is 0 Å². The van der Waals surface area contributed by atoms with Gasteiger partial charge in [-0.3, -0.25) is 0 Å². The predicted octanol–water partition coefficient (Wildman–Crippen LogP) is 13.2. The molecule has 0 aliphatic heterocycles. The lowest BCUT2D eigenvalue weighted by Crippen LogP contribution is -1.86. The van der Waals surface area contributed by atoms with Gasteiger partial charge in [0, 0.05) is 0 Å². The van der Waals surface area contributed by atoms with Gasteiger partial charge in [-0.25, -0.2) is 29.4 Å². The molecule has 0 unspecified atom stereocenters. The van der Waals surface area contributed by atoms with E-state index in [2.05, 4.69) is 73.4 Å². The van der Waals surface area contributed by atoms with Gasteiger partial charge in [0.2, 0.25) is 18.2 Å². The Bertz CT molecular complexity index is 2560. The summed E-state index contributed by atoms with van der Waals surface area (Å²) in [5, 5.41) is 0. The average molecular weight is 789 g/mol. The molecule has 0 atom stereocenters. The number of rotatable bonds is 10. The van der Waals surface area contributed by atoms with Crippen LogP contribution in [0, 0.1) is 27.7 Å². The van der Waals surface area contributed by atoms with E-state index in [4.69, 9.17) is 0 Å². The van der Waals surface area contributed by atoms with E-state index in [1.165, 1.54) is 11.6 Å². The Labute approximate surface area is 351 Å². The van der Waals surface area contributed by atoms with Gasteiger partial charge in [-0.05, 0) is 200 Å². The van der Waals surface area contributed by atoms with Gasteiger partial charge in [0.1, 0.15) is 0 Å². The van der Waals surface area contributed by atoms with Gasteiger partial charge < -0.3 is 0 Å². The van der Waals surface area contributed by atoms with Crippen LogP contribution in [0.4, 0.5) is 34.1 Å². The molecule has 0 N–H and O–H groups in total. The molecule has 0 fully saturated rings. The molecule has 296 valence electrons. The summed E-state index contributed by atoms with van der Waals surface area (Å²) in [5.74, 6) is 7.57. The molecule has 6 rings (SSSR count). The fraction of sp³-hybridized carbons (Fsp3) is 0.118. The van der Waals surface area contributed by atoms with Crippen LogP contribution >= 0.6 is 0 Å². The molecule has 0 aliphatic rings. The summed E-state index contributed by atoms with van der Waals surface area (Å²) in [5.41, 5.74) is 15.4. The molecule has 0 saturated carbocycles. The van der Waals surface area contributed by atoms with Gasteiger partial charge in [-0.15, -0.1) is 0 Å². The lowest BCUT2D eigenvalue weighted by atomic mass is 9.96. The van der Waals surface area contributed by atoms with E-state index in [0.29, 0.717) is 17.1 Å². The number of hydrogen-bond acceptors (Lipinski definition) is 9. The number of carbonyl (C=O) groups excluding carboxylic acids is 3. The highest BCUT2D eigenvalue weighted by Gasteiger charge is 2.07. The molecule has 6 aromatic rings. The van der Waals surface area contributed by atoms with Crippen LogP contribution in [-0.4, -0.2) is 35.8 Å². The van der Waals surface area contributed by atoms with E-state index in [-0.39, 0.29) is 7.43 Å². The fourth-order valence-corrected chi connectivity index (χ4v) is 5.99. The number of nitrogens with zero attached hydrogens (tertiary/aromatic N) is 6. The van der Waals surface area contributed by atoms with Gasteiger partial charge in [0.25, 0.3) is 0 Å². The third-order valence-corrected chi connectivity index (χ3v) is 8.85. The van der Waals surface area contributed by atoms with Gasteiger partial charge in [-0.1, -0.05) is 56.0 Å². The first kappa shape index (κ1) is 46.2. The smallest absolute Gasteiger partial charge is 0.211 e. The maximum Gasteiger partial charge on any atom is 0.240 e. The molecule has 6 aromatic carbocycles. The largest absolute Gasteiger partial charge is 0.240 e. The van der Waals surface area contributed by atoms with Crippen LogP contribution in [0.1, 0.15) is 40.8 Å². The summed E-state index contributed by atoms with van der Waals surface area (Å²) < 4.78 is 0. The van der Waals surface area contributed by atoms with E-state index in [1.54, 1.807) is 24.3 Å². The minimum absolute atomic E-state index is 0. The van der Waals surface area contributed by atoms with Crippen LogP contribution in [-0.2, 0) is 20.8 Å². The van der Waals surface area contributed by atoms with E-state index < -0.39 is 0 Å². The van der Waals surface area contributed by atoms with Crippen molar-refractivity contribution in [3.05, 3.63) is 174 Å². The zero-order valence-electron chi connectivity index (χ0n) is 33.3. The van der Waals surface area contributed by atoms with Crippen molar-refractivity contribution in [2.75, 3.05) is 0 Å². The Morgan fingerprint density at radius 2 is 0.767 bits per heavy atom. The summed E-state index contributed by atoms with van der Waals surface area (Å²) in [6.07, 6.45) is 5.46. The molecular formula is C51H44N6O3. The highest BCUT2D eigenvalue weighted by atomic mass is 16.1. The maximum absolute atomic E-state index is 10.3. The summed E-state index contributed by atoms with van der Waals surface area (Å²) in [7, 11) is 0. The molecule has 9 nitrogen and oxygen atoms in total. The summed E-state index contributed by atoms with van der Waals surface area (Å²) in [6, 6.07) is 38.8. The molecule has 0 heterocycles. The molecule has 0 aromatic heterocycles. The minimum Gasteiger partial charge on any atom is -0.211 e. The third kappa shape index (κ3) is 13.5. The van der Waals surface area contributed by atoms with Crippen LogP contribution in [0.3, 0.4) is 0 Å². The topological polar surface area (TPSA) is 125 Å². The Morgan fingerprint density at radius 3 is 1.17 bits per heavy atom. The van der Waals surface area contributed by atoms with Crippen molar-refractivity contribution in [1.82, 2.24) is 0 Å². The second-order valence-electron chi connectivity index (χ2n) is 12.9. The second kappa shape index (κ2) is 23.8. The van der Waals surface area contributed by atoms with E-state index in [0.717, 1.165) is 73.6 Å². The number of aryl methyl sites for hydroxylation is 4. The van der Waals surface area contributed by atoms with Crippen LogP contribution in [0.5, 0.6) is 0 Å². The molecule has 0 bridgehead atoms. The SMILES string of the molecule is C.C=C=Nc1ccc(-c2ccc(N=C=O)c(C)c2)cc1C.C=C=Nc1ccc(-c2ccc(N=C=O)cc2C)c(C)c1.C=C=Nc1ccc(Cc2ccc(N=C=O)cc2)cc1. The molecule has 0 saturated heterocycles. The lowest BCUT2D eigenvalue weighted by Gasteiger charge is -2.10. The van der Waals surface area contributed by atoms with E-state index >= 15 is 0 Å². The van der Waals surface area contributed by atoms with Crippen molar-refractivity contribution in [3.63, 3.8) is 0 Å². The van der Waals surface area contributed by atoms with Crippen molar-refractivity contribution >= 4 is 70.0 Å². The summed E-state index contributed by atoms with van der Waals surface area (Å²) in [4.78, 5) is 53.7. The third-order valence-electron chi connectivity index (χ3n) is 8.85. The van der Waals surface area contributed by atoms with Crippen LogP contribution in [0.15, 0.2) is 171 Å². The van der Waals surface area contributed by atoms with Gasteiger partial charge >= 0.3 is 0 Å². The Hall–Kier alpha value is -8.19. The van der Waals surface area contributed by atoms with Crippen LogP contribution < -0.4 is 0 Å². The molecule has 9 heteroatoms. The molecule has 0 spiro atoms. The van der Waals surface area contributed by atoms with Crippen molar-refractivity contribution in [1.29, 1.82) is 0 Å². The Morgan fingerprint density at radius 1 is 0.400 bits per heavy atom. The minimum atomic E-state index is 0. The highest BCUT2D eigenvalue weighted by molar-refractivity contribution is 5.75. The standard InChI is InChI=1S/2C17H14N2O.C16H12N2O.CH4/c1-4-18-14-5-7-16(12(2)9-14)17-8-6-15(19-11-20)10-13(17)3;1-4-18-16-7-5-14(9-12(16)2)15-6-8-17(19-11-20)13(3)10-15;1-2-17-15-7-3-13(4-8-15)11-14-5-9-16(10-6-14)18-12-19;/h2*5-10H,1H2,2-3H3;3-10H,1,11H2;1H4. The van der Waals surface area contributed by atoms with E-state index in [9.17, 15) is 14.4 Å². The lowest BCUT2D eigenvalue weighted by molar-refractivity contribution is 0.564. The summed E-state index contributed by atoms with van der Waals surface area (Å²) in [6.45, 7) is 18.3. The zero-order valence-corrected chi connectivity index (χ0v) is 33.3. The molecule has 0 aliphatic carbocycles. The predicted molar refractivity (Wildman–Crippen MR) is 247 cm³/mol. The van der Waals surface area contributed by atoms with Gasteiger partial charge in [0.05, 0.1) is 34.1 Å². The van der Waals surface area contributed by atoms with E-state index in [1.807, 2.05) is 131 Å². The summed E-state index contributed by atoms with van der Waals surface area (Å²) >= 11 is 0. The fourth-order valence-electron chi connectivity index (χ4n) is 5.99. The number of isocyanates is 3. The quantitative estimate of drug-likeness (QED) is 0.101. The second-order valence-corrected chi connectivity index (χ2v) is 12.9. The normalized spacial score (nSPS) is 9.27. The van der Waals surface area contributed by atoms with Crippen molar-refractivity contribution in [3.8, 4) is 22.3 Å². The number of aliphatic imine (C=N–C) groups is 6. The first-order valence-electron chi connectivity index (χ1n) is 18.2. The number of benzene rings is 6. The average Bonchev–Trinajstić information content (AvgIpc) is 3.22. The molecule has 0 radical (unpaired) electrons. The van der Waals surface area contributed by atoms with Crippen molar-refractivity contribution < 1.29 is 14.4 Å².